The highest BCUT2D eigenvalue weighted by Crippen LogP contribution is 2.54. The standard InChI is InChI=1S/C18H16O.3C2H6/c1-10-11(2)18(19)15-9-5-8-14-12-6-3-4-7-13(12)16(10)17(14)15;3*1-2/h3-11,16H,1-2H3;3*1-2H3. The summed E-state index contributed by atoms with van der Waals surface area (Å²) in [6.07, 6.45) is 0. The molecule has 0 saturated heterocycles. The first-order valence-electron chi connectivity index (χ1n) is 9.96. The summed E-state index contributed by atoms with van der Waals surface area (Å²) in [7, 11) is 0. The quantitative estimate of drug-likeness (QED) is 0.491. The van der Waals surface area contributed by atoms with Gasteiger partial charge >= 0.3 is 0 Å². The van der Waals surface area contributed by atoms with Crippen molar-refractivity contribution in [2.24, 2.45) is 11.8 Å². The predicted molar refractivity (Wildman–Crippen MR) is 110 cm³/mol. The first-order chi connectivity index (χ1) is 12.2. The third-order valence-corrected chi connectivity index (χ3v) is 5.00. The highest BCUT2D eigenvalue weighted by molar-refractivity contribution is 6.04. The summed E-state index contributed by atoms with van der Waals surface area (Å²) in [5.41, 5.74) is 6.21. The van der Waals surface area contributed by atoms with Gasteiger partial charge in [-0.15, -0.1) is 0 Å². The van der Waals surface area contributed by atoms with Gasteiger partial charge in [0.15, 0.2) is 5.78 Å². The SMILES string of the molecule is CC.CC.CC.CC1C(=O)c2cccc3c2C(c2ccccc2-3)C1C. The van der Waals surface area contributed by atoms with Gasteiger partial charge < -0.3 is 0 Å². The number of fused-ring (bicyclic) bond motifs is 3. The van der Waals surface area contributed by atoms with E-state index in [4.69, 9.17) is 0 Å². The zero-order valence-electron chi connectivity index (χ0n) is 17.2. The smallest absolute Gasteiger partial charge is 0.166 e. The molecule has 136 valence electrons. The molecule has 0 heterocycles. The van der Waals surface area contributed by atoms with Gasteiger partial charge in [0.25, 0.3) is 0 Å². The van der Waals surface area contributed by atoms with Crippen molar-refractivity contribution in [1.82, 2.24) is 0 Å². The molecule has 0 saturated carbocycles. The van der Waals surface area contributed by atoms with Gasteiger partial charge in [-0.1, -0.05) is 97.9 Å². The lowest BCUT2D eigenvalue weighted by Crippen LogP contribution is -2.30. The number of Topliss-reactive ketones (excluding diaryl/α,β-unsaturated/α-hetero) is 1. The van der Waals surface area contributed by atoms with E-state index in [0.29, 0.717) is 17.6 Å². The minimum Gasteiger partial charge on any atom is -0.294 e. The maximum atomic E-state index is 12.5. The average molecular weight is 339 g/mol. The van der Waals surface area contributed by atoms with Crippen molar-refractivity contribution in [3.8, 4) is 11.1 Å². The monoisotopic (exact) mass is 338 g/mol. The van der Waals surface area contributed by atoms with Crippen LogP contribution in [0, 0.1) is 11.8 Å². The summed E-state index contributed by atoms with van der Waals surface area (Å²) in [6.45, 7) is 16.3. The van der Waals surface area contributed by atoms with Crippen LogP contribution in [-0.4, -0.2) is 5.78 Å². The molecule has 0 N–H and O–H groups in total. The number of rotatable bonds is 0. The Bertz CT molecular complexity index is 699. The van der Waals surface area contributed by atoms with Crippen LogP contribution in [0.5, 0.6) is 0 Å². The van der Waals surface area contributed by atoms with Crippen LogP contribution in [0.25, 0.3) is 11.1 Å². The Morgan fingerprint density at radius 2 is 1.20 bits per heavy atom. The maximum Gasteiger partial charge on any atom is 0.166 e. The van der Waals surface area contributed by atoms with Crippen molar-refractivity contribution in [2.75, 3.05) is 0 Å². The summed E-state index contributed by atoms with van der Waals surface area (Å²) in [6, 6.07) is 14.8. The van der Waals surface area contributed by atoms with Gasteiger partial charge in [-0.3, -0.25) is 4.79 Å². The normalized spacial score (nSPS) is 21.3. The number of hydrogen-bond acceptors (Lipinski definition) is 1. The zero-order valence-corrected chi connectivity index (χ0v) is 17.2. The summed E-state index contributed by atoms with van der Waals surface area (Å²) in [5.74, 6) is 1.20. The summed E-state index contributed by atoms with van der Waals surface area (Å²) in [5, 5.41) is 0. The van der Waals surface area contributed by atoms with Crippen LogP contribution < -0.4 is 0 Å². The van der Waals surface area contributed by atoms with Crippen molar-refractivity contribution in [1.29, 1.82) is 0 Å². The molecule has 2 aromatic carbocycles. The fraction of sp³-hybridized carbons (Fsp3) is 0.458. The van der Waals surface area contributed by atoms with Crippen molar-refractivity contribution < 1.29 is 4.79 Å². The van der Waals surface area contributed by atoms with Crippen LogP contribution in [0.15, 0.2) is 42.5 Å². The Morgan fingerprint density at radius 1 is 0.680 bits per heavy atom. The van der Waals surface area contributed by atoms with Crippen molar-refractivity contribution in [2.45, 2.75) is 61.3 Å². The molecule has 2 aromatic rings. The first-order valence-corrected chi connectivity index (χ1v) is 9.96. The van der Waals surface area contributed by atoms with Gasteiger partial charge in [-0.2, -0.15) is 0 Å². The van der Waals surface area contributed by atoms with Crippen LogP contribution in [0.1, 0.15) is 82.8 Å². The lowest BCUT2D eigenvalue weighted by molar-refractivity contribution is 0.0867. The molecule has 2 aliphatic rings. The molecule has 1 heteroatoms. The predicted octanol–water partition coefficient (Wildman–Crippen LogP) is 7.35. The number of ketones is 1. The van der Waals surface area contributed by atoms with Gasteiger partial charge in [0.05, 0.1) is 0 Å². The van der Waals surface area contributed by atoms with Crippen molar-refractivity contribution in [3.05, 3.63) is 59.2 Å². The number of benzene rings is 2. The number of hydrogen-bond donors (Lipinski definition) is 0. The molecule has 0 bridgehead atoms. The van der Waals surface area contributed by atoms with E-state index in [0.717, 1.165) is 5.56 Å². The number of carbonyl (C=O) groups excluding carboxylic acids is 1. The van der Waals surface area contributed by atoms with Crippen LogP contribution in [0.3, 0.4) is 0 Å². The maximum absolute atomic E-state index is 12.5. The molecule has 0 fully saturated rings. The molecule has 25 heavy (non-hydrogen) atoms. The lowest BCUT2D eigenvalue weighted by Gasteiger charge is -2.33. The fourth-order valence-electron chi connectivity index (χ4n) is 3.84. The van der Waals surface area contributed by atoms with E-state index < -0.39 is 0 Å². The Balaban J connectivity index is 0.000000475. The molecule has 4 rings (SSSR count). The van der Waals surface area contributed by atoms with Crippen LogP contribution >= 0.6 is 0 Å². The zero-order chi connectivity index (χ0) is 19.1. The van der Waals surface area contributed by atoms with E-state index in [9.17, 15) is 4.79 Å². The number of carbonyl (C=O) groups is 1. The molecular weight excluding hydrogens is 304 g/mol. The van der Waals surface area contributed by atoms with E-state index in [1.54, 1.807) is 0 Å². The summed E-state index contributed by atoms with van der Waals surface area (Å²) in [4.78, 5) is 12.5. The van der Waals surface area contributed by atoms with Gasteiger partial charge in [-0.05, 0) is 28.2 Å². The Morgan fingerprint density at radius 3 is 1.84 bits per heavy atom. The minimum atomic E-state index is 0.110. The topological polar surface area (TPSA) is 17.1 Å². The Labute approximate surface area is 154 Å². The van der Waals surface area contributed by atoms with Gasteiger partial charge in [0, 0.05) is 17.4 Å². The van der Waals surface area contributed by atoms with E-state index in [1.807, 2.05) is 53.7 Å². The van der Waals surface area contributed by atoms with E-state index in [2.05, 4.69) is 44.2 Å². The lowest BCUT2D eigenvalue weighted by atomic mass is 9.69. The highest BCUT2D eigenvalue weighted by atomic mass is 16.1. The van der Waals surface area contributed by atoms with Gasteiger partial charge in [0.2, 0.25) is 0 Å². The second-order valence-corrected chi connectivity index (χ2v) is 5.84. The van der Waals surface area contributed by atoms with E-state index >= 15 is 0 Å². The molecule has 3 atom stereocenters. The van der Waals surface area contributed by atoms with Crippen molar-refractivity contribution in [3.63, 3.8) is 0 Å². The minimum absolute atomic E-state index is 0.110. The third-order valence-electron chi connectivity index (χ3n) is 5.00. The average Bonchev–Trinajstić information content (AvgIpc) is 3.05. The third kappa shape index (κ3) is 3.42. The first kappa shape index (κ1) is 21.2. The van der Waals surface area contributed by atoms with Gasteiger partial charge in [-0.25, -0.2) is 0 Å². The second-order valence-electron chi connectivity index (χ2n) is 5.84. The summed E-state index contributed by atoms with van der Waals surface area (Å²) < 4.78 is 0. The van der Waals surface area contributed by atoms with Crippen LogP contribution in [-0.2, 0) is 0 Å². The molecule has 0 aromatic heterocycles. The molecule has 2 aliphatic carbocycles. The molecule has 0 radical (unpaired) electrons. The molecule has 0 aliphatic heterocycles. The van der Waals surface area contributed by atoms with Crippen LogP contribution in [0.2, 0.25) is 0 Å². The van der Waals surface area contributed by atoms with Crippen LogP contribution in [0.4, 0.5) is 0 Å². The fourth-order valence-corrected chi connectivity index (χ4v) is 3.84. The molecule has 3 unspecified atom stereocenters. The Hall–Kier alpha value is -1.89. The van der Waals surface area contributed by atoms with Gasteiger partial charge in [0.1, 0.15) is 0 Å². The Kier molecular flexibility index (Phi) is 8.09. The highest BCUT2D eigenvalue weighted by Gasteiger charge is 2.43. The van der Waals surface area contributed by atoms with E-state index in [-0.39, 0.29) is 5.92 Å². The van der Waals surface area contributed by atoms with E-state index in [1.165, 1.54) is 22.3 Å². The largest absolute Gasteiger partial charge is 0.294 e. The molecule has 1 nitrogen and oxygen atoms in total. The van der Waals surface area contributed by atoms with Crippen molar-refractivity contribution >= 4 is 5.78 Å². The summed E-state index contributed by atoms with van der Waals surface area (Å²) >= 11 is 0. The molecule has 0 spiro atoms. The second kappa shape index (κ2) is 9.56. The molecular formula is C24H34O. The molecule has 0 amide bonds.